The zero-order valence-electron chi connectivity index (χ0n) is 13.2. The fourth-order valence-electron chi connectivity index (χ4n) is 2.81. The first kappa shape index (κ1) is 16.0. The Labute approximate surface area is 141 Å². The number of nitrogens with one attached hydrogen (secondary N) is 2. The van der Waals surface area contributed by atoms with Gasteiger partial charge in [-0.2, -0.15) is 0 Å². The van der Waals surface area contributed by atoms with Crippen LogP contribution in [0.15, 0.2) is 17.3 Å². The predicted octanol–water partition coefficient (Wildman–Crippen LogP) is 3.91. The minimum absolute atomic E-state index is 0.615. The number of aromatic nitrogens is 2. The summed E-state index contributed by atoms with van der Waals surface area (Å²) in [6.07, 6.45) is 2.32. The number of aromatic amines is 1. The van der Waals surface area contributed by atoms with Crippen LogP contribution in [-0.4, -0.2) is 41.4 Å². The number of nitrogens with zero attached hydrogens (tertiary/aromatic N) is 2. The average molecular weight is 339 g/mol. The molecule has 0 saturated carbocycles. The highest BCUT2D eigenvalue weighted by molar-refractivity contribution is 7.99. The van der Waals surface area contributed by atoms with Crippen LogP contribution < -0.4 is 10.2 Å². The van der Waals surface area contributed by atoms with Gasteiger partial charge in [-0.3, -0.25) is 0 Å². The van der Waals surface area contributed by atoms with Gasteiger partial charge in [0.1, 0.15) is 0 Å². The van der Waals surface area contributed by atoms with Crippen LogP contribution in [0.1, 0.15) is 26.7 Å². The maximum Gasteiger partial charge on any atom is 0.166 e. The van der Waals surface area contributed by atoms with Gasteiger partial charge in [-0.05, 0) is 25.0 Å². The predicted molar refractivity (Wildman–Crippen MR) is 96.4 cm³/mol. The van der Waals surface area contributed by atoms with E-state index >= 15 is 0 Å². The third-order valence-electron chi connectivity index (χ3n) is 4.18. The maximum atomic E-state index is 6.49. The second-order valence-corrected chi connectivity index (χ2v) is 7.35. The number of piperazine rings is 1. The zero-order chi connectivity index (χ0) is 15.5. The highest BCUT2D eigenvalue weighted by Gasteiger charge is 2.16. The summed E-state index contributed by atoms with van der Waals surface area (Å²) in [7, 11) is 0. The lowest BCUT2D eigenvalue weighted by Crippen LogP contribution is -2.43. The van der Waals surface area contributed by atoms with Crippen molar-refractivity contribution in [3.63, 3.8) is 0 Å². The summed E-state index contributed by atoms with van der Waals surface area (Å²) >= 11 is 8.32. The van der Waals surface area contributed by atoms with E-state index in [4.69, 9.17) is 16.6 Å². The second kappa shape index (κ2) is 7.11. The van der Waals surface area contributed by atoms with Crippen molar-refractivity contribution < 1.29 is 0 Å². The van der Waals surface area contributed by atoms with Crippen molar-refractivity contribution >= 4 is 40.1 Å². The maximum absolute atomic E-state index is 6.49. The lowest BCUT2D eigenvalue weighted by atomic mass is 10.2. The van der Waals surface area contributed by atoms with Crippen LogP contribution in [0.25, 0.3) is 11.0 Å². The summed E-state index contributed by atoms with van der Waals surface area (Å²) in [5.74, 6) is 0. The van der Waals surface area contributed by atoms with E-state index in [1.54, 1.807) is 0 Å². The minimum Gasteiger partial charge on any atom is -0.368 e. The molecule has 0 amide bonds. The van der Waals surface area contributed by atoms with Crippen LogP contribution in [0.3, 0.4) is 0 Å². The molecule has 120 valence electrons. The fraction of sp³-hybridized carbons (Fsp3) is 0.562. The monoisotopic (exact) mass is 338 g/mol. The van der Waals surface area contributed by atoms with Gasteiger partial charge in [-0.15, -0.1) is 0 Å². The smallest absolute Gasteiger partial charge is 0.166 e. The highest BCUT2D eigenvalue weighted by atomic mass is 35.5. The van der Waals surface area contributed by atoms with E-state index in [2.05, 4.69) is 35.1 Å². The lowest BCUT2D eigenvalue weighted by Gasteiger charge is -2.30. The quantitative estimate of drug-likeness (QED) is 0.811. The van der Waals surface area contributed by atoms with Crippen molar-refractivity contribution in [2.45, 2.75) is 37.1 Å². The van der Waals surface area contributed by atoms with E-state index in [1.807, 2.05) is 17.8 Å². The molecule has 2 N–H and O–H groups in total. The molecule has 0 bridgehead atoms. The summed E-state index contributed by atoms with van der Waals surface area (Å²) in [4.78, 5) is 10.5. The van der Waals surface area contributed by atoms with E-state index in [0.29, 0.717) is 5.25 Å². The van der Waals surface area contributed by atoms with Gasteiger partial charge < -0.3 is 15.2 Å². The zero-order valence-corrected chi connectivity index (χ0v) is 14.7. The van der Waals surface area contributed by atoms with Gasteiger partial charge in [0.25, 0.3) is 0 Å². The van der Waals surface area contributed by atoms with Crippen molar-refractivity contribution in [1.29, 1.82) is 0 Å². The Bertz CT molecular complexity index is 632. The first-order chi connectivity index (χ1) is 10.7. The lowest BCUT2D eigenvalue weighted by molar-refractivity contribution is 0.589. The molecule has 2 heterocycles. The van der Waals surface area contributed by atoms with Crippen molar-refractivity contribution in [2.75, 3.05) is 31.1 Å². The molecule has 0 atom stereocenters. The molecule has 1 aromatic heterocycles. The SMILES string of the molecule is CCC(CC)Sc1nc2cc(N3CCNCC3)c(Cl)cc2[nH]1. The first-order valence-electron chi connectivity index (χ1n) is 8.02. The van der Waals surface area contributed by atoms with Crippen LogP contribution in [0.2, 0.25) is 5.02 Å². The molecular formula is C16H23ClN4S. The Hall–Kier alpha value is -0.910. The third kappa shape index (κ3) is 3.36. The molecule has 2 aromatic rings. The molecule has 3 rings (SSSR count). The minimum atomic E-state index is 0.615. The first-order valence-corrected chi connectivity index (χ1v) is 9.28. The number of hydrogen-bond donors (Lipinski definition) is 2. The molecular weight excluding hydrogens is 316 g/mol. The largest absolute Gasteiger partial charge is 0.368 e. The van der Waals surface area contributed by atoms with Gasteiger partial charge in [0.15, 0.2) is 5.16 Å². The van der Waals surface area contributed by atoms with Gasteiger partial charge >= 0.3 is 0 Å². The van der Waals surface area contributed by atoms with Crippen LogP contribution in [0.4, 0.5) is 5.69 Å². The number of halogens is 1. The molecule has 0 aliphatic carbocycles. The van der Waals surface area contributed by atoms with E-state index in [1.165, 1.54) is 0 Å². The second-order valence-electron chi connectivity index (χ2n) is 5.66. The molecule has 1 aromatic carbocycles. The Morgan fingerprint density at radius 1 is 1.27 bits per heavy atom. The number of thioether (sulfide) groups is 1. The van der Waals surface area contributed by atoms with Crippen molar-refractivity contribution in [2.24, 2.45) is 0 Å². The van der Waals surface area contributed by atoms with Crippen LogP contribution in [-0.2, 0) is 0 Å². The van der Waals surface area contributed by atoms with E-state index in [-0.39, 0.29) is 0 Å². The molecule has 22 heavy (non-hydrogen) atoms. The summed E-state index contributed by atoms with van der Waals surface area (Å²) in [6, 6.07) is 4.13. The van der Waals surface area contributed by atoms with E-state index < -0.39 is 0 Å². The number of imidazole rings is 1. The molecule has 0 radical (unpaired) electrons. The summed E-state index contributed by atoms with van der Waals surface area (Å²) in [5.41, 5.74) is 3.13. The van der Waals surface area contributed by atoms with Gasteiger partial charge in [-0.1, -0.05) is 37.2 Å². The van der Waals surface area contributed by atoms with E-state index in [0.717, 1.165) is 65.9 Å². The van der Waals surface area contributed by atoms with Crippen LogP contribution >= 0.6 is 23.4 Å². The molecule has 6 heteroatoms. The highest BCUT2D eigenvalue weighted by Crippen LogP contribution is 2.33. The number of anilines is 1. The van der Waals surface area contributed by atoms with Crippen LogP contribution in [0, 0.1) is 0 Å². The van der Waals surface area contributed by atoms with Crippen molar-refractivity contribution in [3.05, 3.63) is 17.2 Å². The summed E-state index contributed by atoms with van der Waals surface area (Å²) in [5, 5.41) is 5.78. The average Bonchev–Trinajstić information content (AvgIpc) is 2.93. The number of benzene rings is 1. The number of H-pyrrole nitrogens is 1. The van der Waals surface area contributed by atoms with E-state index in [9.17, 15) is 0 Å². The summed E-state index contributed by atoms with van der Waals surface area (Å²) in [6.45, 7) is 8.44. The van der Waals surface area contributed by atoms with Crippen molar-refractivity contribution in [1.82, 2.24) is 15.3 Å². The molecule has 1 saturated heterocycles. The summed E-state index contributed by atoms with van der Waals surface area (Å²) < 4.78 is 0. The van der Waals surface area contributed by atoms with Gasteiger partial charge in [0.2, 0.25) is 0 Å². The van der Waals surface area contributed by atoms with Gasteiger partial charge in [0, 0.05) is 31.4 Å². The Morgan fingerprint density at radius 3 is 2.68 bits per heavy atom. The number of hydrogen-bond acceptors (Lipinski definition) is 4. The normalized spacial score (nSPS) is 15.9. The standard InChI is InChI=1S/C16H23ClN4S/c1-3-11(4-2)22-16-19-13-9-12(17)15(10-14(13)20-16)21-7-5-18-6-8-21/h9-11,18H,3-8H2,1-2H3,(H,19,20). The molecule has 4 nitrogen and oxygen atoms in total. The topological polar surface area (TPSA) is 44.0 Å². The Balaban J connectivity index is 1.88. The fourth-order valence-corrected chi connectivity index (χ4v) is 4.07. The van der Waals surface area contributed by atoms with Gasteiger partial charge in [-0.25, -0.2) is 4.98 Å². The number of rotatable bonds is 5. The molecule has 0 unspecified atom stereocenters. The Kier molecular flexibility index (Phi) is 5.16. The third-order valence-corrected chi connectivity index (χ3v) is 5.89. The number of fused-ring (bicyclic) bond motifs is 1. The van der Waals surface area contributed by atoms with Gasteiger partial charge in [0.05, 0.1) is 21.7 Å². The molecule has 1 fully saturated rings. The van der Waals surface area contributed by atoms with Crippen molar-refractivity contribution in [3.8, 4) is 0 Å². The molecule has 0 spiro atoms. The molecule has 1 aliphatic heterocycles. The Morgan fingerprint density at radius 2 is 2.00 bits per heavy atom. The molecule has 1 aliphatic rings. The van der Waals surface area contributed by atoms with Crippen LogP contribution in [0.5, 0.6) is 0 Å².